The minimum atomic E-state index is -0.807. The highest BCUT2D eigenvalue weighted by Gasteiger charge is 2.48. The first-order valence-electron chi connectivity index (χ1n) is 5.42. The number of hydrogen-bond acceptors (Lipinski definition) is 2. The Bertz CT molecular complexity index is 494. The predicted molar refractivity (Wildman–Crippen MR) is 59.7 cm³/mol. The van der Waals surface area contributed by atoms with Gasteiger partial charge < -0.3 is 5.11 Å². The van der Waals surface area contributed by atoms with Crippen molar-refractivity contribution in [1.29, 1.82) is 0 Å². The highest BCUT2D eigenvalue weighted by Crippen LogP contribution is 2.44. The van der Waals surface area contributed by atoms with Crippen LogP contribution in [0.1, 0.15) is 29.3 Å². The van der Waals surface area contributed by atoms with Gasteiger partial charge in [0.05, 0.1) is 5.54 Å². The van der Waals surface area contributed by atoms with Crippen molar-refractivity contribution in [3.05, 3.63) is 47.5 Å². The summed E-state index contributed by atoms with van der Waals surface area (Å²) in [7, 11) is 0. The van der Waals surface area contributed by atoms with Gasteiger partial charge in [-0.2, -0.15) is 0 Å². The van der Waals surface area contributed by atoms with Crippen LogP contribution in [0.4, 0.5) is 0 Å². The summed E-state index contributed by atoms with van der Waals surface area (Å²) in [4.78, 5) is 13.7. The molecule has 16 heavy (non-hydrogen) atoms. The molecule has 0 radical (unpaired) electrons. The van der Waals surface area contributed by atoms with Crippen LogP contribution in [0.15, 0.2) is 36.4 Å². The van der Waals surface area contributed by atoms with Gasteiger partial charge in [-0.05, 0) is 31.1 Å². The zero-order chi connectivity index (χ0) is 11.3. The normalized spacial score (nSPS) is 31.5. The monoisotopic (exact) mass is 215 g/mol. The Morgan fingerprint density at radius 1 is 1.44 bits per heavy atom. The lowest BCUT2D eigenvalue weighted by molar-refractivity contribution is -0.0175. The zero-order valence-electron chi connectivity index (χ0n) is 9.05. The minimum Gasteiger partial charge on any atom is -0.370 e. The highest BCUT2D eigenvalue weighted by atomic mass is 16.3. The second kappa shape index (κ2) is 2.95. The van der Waals surface area contributed by atoms with Crippen molar-refractivity contribution < 1.29 is 9.90 Å². The molecule has 0 unspecified atom stereocenters. The molecule has 1 amide bonds. The number of carbonyl (C=O) groups excluding carboxylic acids is 1. The Morgan fingerprint density at radius 2 is 2.19 bits per heavy atom. The average Bonchev–Trinajstić information content (AvgIpc) is 2.50. The maximum absolute atomic E-state index is 12.2. The molecule has 0 saturated heterocycles. The van der Waals surface area contributed by atoms with Crippen LogP contribution >= 0.6 is 0 Å². The lowest BCUT2D eigenvalue weighted by Crippen LogP contribution is -2.49. The average molecular weight is 215 g/mol. The van der Waals surface area contributed by atoms with Gasteiger partial charge in [-0.1, -0.05) is 24.3 Å². The van der Waals surface area contributed by atoms with Crippen LogP contribution in [0, 0.1) is 0 Å². The van der Waals surface area contributed by atoms with Crippen LogP contribution in [-0.4, -0.2) is 22.1 Å². The number of amides is 1. The first-order chi connectivity index (χ1) is 7.64. The second-order valence-electron chi connectivity index (χ2n) is 4.54. The maximum atomic E-state index is 12.2. The van der Waals surface area contributed by atoms with E-state index in [0.717, 1.165) is 12.0 Å². The summed E-state index contributed by atoms with van der Waals surface area (Å²) in [5.74, 6) is -0.0741. The maximum Gasteiger partial charge on any atom is 0.257 e. The van der Waals surface area contributed by atoms with Crippen molar-refractivity contribution in [2.75, 3.05) is 0 Å². The molecule has 0 saturated carbocycles. The van der Waals surface area contributed by atoms with E-state index in [1.165, 1.54) is 0 Å². The van der Waals surface area contributed by atoms with Crippen LogP contribution in [0.5, 0.6) is 0 Å². The third kappa shape index (κ3) is 0.985. The molecule has 1 aromatic carbocycles. The quantitative estimate of drug-likeness (QED) is 0.668. The molecular weight excluding hydrogens is 202 g/mol. The molecule has 0 spiro atoms. The first kappa shape index (κ1) is 9.60. The van der Waals surface area contributed by atoms with E-state index < -0.39 is 6.23 Å². The SMILES string of the molecule is C[C@@]12CC=C[C@@H](O)N1C(=O)c1ccccc12. The third-order valence-electron chi connectivity index (χ3n) is 3.58. The standard InChI is InChI=1S/C13H13NO2/c1-13-8-4-7-11(15)14(13)12(16)9-5-2-3-6-10(9)13/h2-7,11,15H,8H2,1H3/t11-,13+/m1/s1. The van der Waals surface area contributed by atoms with Gasteiger partial charge in [-0.25, -0.2) is 0 Å². The van der Waals surface area contributed by atoms with Gasteiger partial charge in [0.15, 0.2) is 0 Å². The summed E-state index contributed by atoms with van der Waals surface area (Å²) in [6.07, 6.45) is 3.56. The molecular formula is C13H13NO2. The van der Waals surface area contributed by atoms with Crippen molar-refractivity contribution in [3.8, 4) is 0 Å². The lowest BCUT2D eigenvalue weighted by atomic mass is 9.86. The summed E-state index contributed by atoms with van der Waals surface area (Å²) in [5, 5.41) is 9.91. The van der Waals surface area contributed by atoms with Gasteiger partial charge >= 0.3 is 0 Å². The van der Waals surface area contributed by atoms with E-state index in [1.54, 1.807) is 11.0 Å². The molecule has 3 rings (SSSR count). The number of nitrogens with zero attached hydrogens (tertiary/aromatic N) is 1. The topological polar surface area (TPSA) is 40.5 Å². The Kier molecular flexibility index (Phi) is 1.77. The van der Waals surface area contributed by atoms with Crippen LogP contribution in [-0.2, 0) is 5.54 Å². The Labute approximate surface area is 94.0 Å². The summed E-state index contributed by atoms with van der Waals surface area (Å²) in [6.45, 7) is 2.00. The molecule has 3 nitrogen and oxygen atoms in total. The second-order valence-corrected chi connectivity index (χ2v) is 4.54. The molecule has 0 aromatic heterocycles. The largest absolute Gasteiger partial charge is 0.370 e. The number of fused-ring (bicyclic) bond motifs is 3. The van der Waals surface area contributed by atoms with Gasteiger partial charge in [-0.15, -0.1) is 0 Å². The number of carbonyl (C=O) groups is 1. The van der Waals surface area contributed by atoms with Crippen molar-refractivity contribution in [2.45, 2.75) is 25.1 Å². The summed E-state index contributed by atoms with van der Waals surface area (Å²) in [5.41, 5.74) is 1.35. The van der Waals surface area contributed by atoms with Crippen molar-refractivity contribution in [3.63, 3.8) is 0 Å². The third-order valence-corrected chi connectivity index (χ3v) is 3.58. The van der Waals surface area contributed by atoms with Gasteiger partial charge in [0.1, 0.15) is 6.23 Å². The highest BCUT2D eigenvalue weighted by molar-refractivity contribution is 6.00. The first-order valence-corrected chi connectivity index (χ1v) is 5.42. The Morgan fingerprint density at radius 3 is 3.00 bits per heavy atom. The summed E-state index contributed by atoms with van der Waals surface area (Å²) >= 11 is 0. The lowest BCUT2D eigenvalue weighted by Gasteiger charge is -2.40. The van der Waals surface area contributed by atoms with Gasteiger partial charge in [0.25, 0.3) is 5.91 Å². The van der Waals surface area contributed by atoms with E-state index >= 15 is 0 Å². The smallest absolute Gasteiger partial charge is 0.257 e. The van der Waals surface area contributed by atoms with E-state index in [2.05, 4.69) is 0 Å². The number of benzene rings is 1. The molecule has 1 aromatic rings. The molecule has 2 atom stereocenters. The van der Waals surface area contributed by atoms with E-state index in [1.807, 2.05) is 37.3 Å². The van der Waals surface area contributed by atoms with Gasteiger partial charge in [-0.3, -0.25) is 9.69 Å². The van der Waals surface area contributed by atoms with E-state index in [9.17, 15) is 9.90 Å². The van der Waals surface area contributed by atoms with E-state index in [-0.39, 0.29) is 11.4 Å². The Balaban J connectivity index is 2.24. The fourth-order valence-corrected chi connectivity index (χ4v) is 2.75. The van der Waals surface area contributed by atoms with Crippen molar-refractivity contribution >= 4 is 5.91 Å². The minimum absolute atomic E-state index is 0.0741. The van der Waals surface area contributed by atoms with Gasteiger partial charge in [0, 0.05) is 5.56 Å². The number of aliphatic hydroxyl groups is 1. The molecule has 1 N–H and O–H groups in total. The van der Waals surface area contributed by atoms with Crippen molar-refractivity contribution in [1.82, 2.24) is 4.90 Å². The van der Waals surface area contributed by atoms with Crippen LogP contribution in [0.3, 0.4) is 0 Å². The fraction of sp³-hybridized carbons (Fsp3) is 0.308. The summed E-state index contributed by atoms with van der Waals surface area (Å²) < 4.78 is 0. The van der Waals surface area contributed by atoms with E-state index in [4.69, 9.17) is 0 Å². The molecule has 0 fully saturated rings. The molecule has 2 heterocycles. The number of rotatable bonds is 0. The van der Waals surface area contributed by atoms with Crippen LogP contribution in [0.25, 0.3) is 0 Å². The van der Waals surface area contributed by atoms with Crippen LogP contribution < -0.4 is 0 Å². The number of hydrogen-bond donors (Lipinski definition) is 1. The fourth-order valence-electron chi connectivity index (χ4n) is 2.75. The van der Waals surface area contributed by atoms with Gasteiger partial charge in [0.2, 0.25) is 0 Å². The van der Waals surface area contributed by atoms with Crippen LogP contribution in [0.2, 0.25) is 0 Å². The zero-order valence-corrected chi connectivity index (χ0v) is 9.05. The molecule has 0 bridgehead atoms. The molecule has 2 aliphatic heterocycles. The molecule has 0 aliphatic carbocycles. The van der Waals surface area contributed by atoms with Crippen molar-refractivity contribution in [2.24, 2.45) is 0 Å². The molecule has 2 aliphatic rings. The molecule has 3 heteroatoms. The summed E-state index contributed by atoms with van der Waals surface area (Å²) in [6, 6.07) is 7.59. The number of aliphatic hydroxyl groups excluding tert-OH is 1. The molecule has 82 valence electrons. The predicted octanol–water partition coefficient (Wildman–Crippen LogP) is 1.64. The van der Waals surface area contributed by atoms with E-state index in [0.29, 0.717) is 5.56 Å². The Hall–Kier alpha value is -1.61.